The van der Waals surface area contributed by atoms with Crippen LogP contribution in [0.15, 0.2) is 51.8 Å². The van der Waals surface area contributed by atoms with Gasteiger partial charge in [-0.05, 0) is 58.0 Å². The predicted octanol–water partition coefficient (Wildman–Crippen LogP) is 4.66. The second-order valence-corrected chi connectivity index (χ2v) is 9.49. The van der Waals surface area contributed by atoms with Crippen molar-refractivity contribution in [3.05, 3.63) is 58.8 Å². The van der Waals surface area contributed by atoms with Gasteiger partial charge >= 0.3 is 0 Å². The summed E-state index contributed by atoms with van der Waals surface area (Å²) >= 11 is 6.18. The molecule has 7 nitrogen and oxygen atoms in total. The Morgan fingerprint density at radius 1 is 1.16 bits per heavy atom. The lowest BCUT2D eigenvalue weighted by Gasteiger charge is -2.14. The standard InChI is InChI=1S/C22H25ClN2O5S/c1-5-29-19-8-6-7-15-11-20(30-21(15)19)14(4)24-22(26)17-12-16(9-10-18(17)23)31(27,28)25-13(2)3/h6-14,25H,5H2,1-4H3,(H,24,26). The molecular formula is C22H25ClN2O5S. The molecule has 1 heterocycles. The van der Waals surface area contributed by atoms with Gasteiger partial charge < -0.3 is 14.5 Å². The Labute approximate surface area is 186 Å². The topological polar surface area (TPSA) is 97.6 Å². The molecular weight excluding hydrogens is 440 g/mol. The summed E-state index contributed by atoms with van der Waals surface area (Å²) in [6, 6.07) is 10.7. The second-order valence-electron chi connectivity index (χ2n) is 7.37. The lowest BCUT2D eigenvalue weighted by atomic mass is 10.1. The molecule has 0 saturated heterocycles. The van der Waals surface area contributed by atoms with Gasteiger partial charge in [-0.2, -0.15) is 0 Å². The van der Waals surface area contributed by atoms with E-state index in [1.54, 1.807) is 20.8 Å². The molecule has 1 amide bonds. The number of benzene rings is 2. The molecule has 0 aliphatic rings. The van der Waals surface area contributed by atoms with Crippen LogP contribution < -0.4 is 14.8 Å². The summed E-state index contributed by atoms with van der Waals surface area (Å²) in [7, 11) is -3.76. The highest BCUT2D eigenvalue weighted by atomic mass is 35.5. The highest BCUT2D eigenvalue weighted by Gasteiger charge is 2.22. The molecule has 0 aliphatic heterocycles. The number of nitrogens with one attached hydrogen (secondary N) is 2. The van der Waals surface area contributed by atoms with Crippen LogP contribution in [0.4, 0.5) is 0 Å². The van der Waals surface area contributed by atoms with Crippen molar-refractivity contribution in [3.63, 3.8) is 0 Å². The molecule has 1 atom stereocenters. The molecule has 2 aromatic carbocycles. The number of carbonyl (C=O) groups excluding carboxylic acids is 1. The summed E-state index contributed by atoms with van der Waals surface area (Å²) in [6.07, 6.45) is 0. The van der Waals surface area contributed by atoms with Gasteiger partial charge in [0.05, 0.1) is 28.1 Å². The van der Waals surface area contributed by atoms with Gasteiger partial charge in [-0.15, -0.1) is 0 Å². The van der Waals surface area contributed by atoms with Gasteiger partial charge in [0.15, 0.2) is 11.3 Å². The maximum atomic E-state index is 12.9. The number of amides is 1. The summed E-state index contributed by atoms with van der Waals surface area (Å²) in [6.45, 7) is 7.59. The maximum absolute atomic E-state index is 12.9. The van der Waals surface area contributed by atoms with Crippen molar-refractivity contribution in [2.75, 3.05) is 6.61 Å². The Morgan fingerprint density at radius 3 is 2.58 bits per heavy atom. The van der Waals surface area contributed by atoms with Crippen molar-refractivity contribution in [2.45, 2.75) is 44.7 Å². The van der Waals surface area contributed by atoms with Crippen molar-refractivity contribution < 1.29 is 22.4 Å². The minimum Gasteiger partial charge on any atom is -0.490 e. The number of carbonyl (C=O) groups is 1. The zero-order chi connectivity index (χ0) is 22.8. The molecule has 0 bridgehead atoms. The third kappa shape index (κ3) is 5.20. The monoisotopic (exact) mass is 464 g/mol. The lowest BCUT2D eigenvalue weighted by molar-refractivity contribution is 0.0935. The lowest BCUT2D eigenvalue weighted by Crippen LogP contribution is -2.31. The van der Waals surface area contributed by atoms with Crippen LogP contribution in [0.5, 0.6) is 5.75 Å². The normalized spacial score (nSPS) is 12.8. The van der Waals surface area contributed by atoms with Crippen LogP contribution in [0, 0.1) is 0 Å². The van der Waals surface area contributed by atoms with Crippen LogP contribution in [0.3, 0.4) is 0 Å². The second kappa shape index (κ2) is 9.30. The Bertz CT molecular complexity index is 1200. The van der Waals surface area contributed by atoms with Crippen molar-refractivity contribution in [1.82, 2.24) is 10.0 Å². The van der Waals surface area contributed by atoms with Crippen LogP contribution in [-0.2, 0) is 10.0 Å². The number of halogens is 1. The fraction of sp³-hybridized carbons (Fsp3) is 0.318. The first-order valence-electron chi connectivity index (χ1n) is 9.90. The number of ether oxygens (including phenoxy) is 1. The van der Waals surface area contributed by atoms with Gasteiger partial charge in [0, 0.05) is 11.4 Å². The Kier molecular flexibility index (Phi) is 6.93. The number of furan rings is 1. The SMILES string of the molecule is CCOc1cccc2cc(C(C)NC(=O)c3cc(S(=O)(=O)NC(C)C)ccc3Cl)oc12. The van der Waals surface area contributed by atoms with Gasteiger partial charge in [0.2, 0.25) is 10.0 Å². The summed E-state index contributed by atoms with van der Waals surface area (Å²) in [5.74, 6) is 0.657. The van der Waals surface area contributed by atoms with Gasteiger partial charge in [0.1, 0.15) is 5.76 Å². The van der Waals surface area contributed by atoms with E-state index in [-0.39, 0.29) is 21.5 Å². The summed E-state index contributed by atoms with van der Waals surface area (Å²) in [4.78, 5) is 12.8. The number of sulfonamides is 1. The van der Waals surface area contributed by atoms with E-state index in [4.69, 9.17) is 20.8 Å². The molecule has 1 unspecified atom stereocenters. The molecule has 2 N–H and O–H groups in total. The van der Waals surface area contributed by atoms with E-state index in [2.05, 4.69) is 10.0 Å². The van der Waals surface area contributed by atoms with Gasteiger partial charge in [-0.1, -0.05) is 23.7 Å². The molecule has 0 saturated carbocycles. The zero-order valence-electron chi connectivity index (χ0n) is 17.7. The number of rotatable bonds is 8. The number of fused-ring (bicyclic) bond motifs is 1. The van der Waals surface area contributed by atoms with Crippen molar-refractivity contribution in [2.24, 2.45) is 0 Å². The Hall–Kier alpha value is -2.55. The molecule has 3 rings (SSSR count). The van der Waals surface area contributed by atoms with Crippen LogP contribution in [0.25, 0.3) is 11.0 Å². The number of hydrogen-bond acceptors (Lipinski definition) is 5. The van der Waals surface area contributed by atoms with E-state index < -0.39 is 22.0 Å². The molecule has 166 valence electrons. The van der Waals surface area contributed by atoms with E-state index in [9.17, 15) is 13.2 Å². The maximum Gasteiger partial charge on any atom is 0.253 e. The fourth-order valence-corrected chi connectivity index (χ4v) is 4.59. The van der Waals surface area contributed by atoms with E-state index in [0.29, 0.717) is 23.7 Å². The van der Waals surface area contributed by atoms with Crippen LogP contribution in [0.1, 0.15) is 49.9 Å². The molecule has 0 radical (unpaired) electrons. The smallest absolute Gasteiger partial charge is 0.253 e. The van der Waals surface area contributed by atoms with Crippen LogP contribution in [-0.4, -0.2) is 27.0 Å². The van der Waals surface area contributed by atoms with Gasteiger partial charge in [0.25, 0.3) is 5.91 Å². The number of hydrogen-bond donors (Lipinski definition) is 2. The predicted molar refractivity (Wildman–Crippen MR) is 120 cm³/mol. The van der Waals surface area contributed by atoms with Crippen molar-refractivity contribution in [3.8, 4) is 5.75 Å². The van der Waals surface area contributed by atoms with Crippen LogP contribution in [0.2, 0.25) is 5.02 Å². The molecule has 0 aliphatic carbocycles. The molecule has 0 fully saturated rings. The average molecular weight is 465 g/mol. The zero-order valence-corrected chi connectivity index (χ0v) is 19.3. The largest absolute Gasteiger partial charge is 0.490 e. The Balaban J connectivity index is 1.85. The van der Waals surface area contributed by atoms with Crippen LogP contribution >= 0.6 is 11.6 Å². The van der Waals surface area contributed by atoms with E-state index in [1.807, 2.05) is 31.2 Å². The minimum atomic E-state index is -3.76. The summed E-state index contributed by atoms with van der Waals surface area (Å²) in [5, 5.41) is 3.82. The summed E-state index contributed by atoms with van der Waals surface area (Å²) < 4.78 is 38.9. The van der Waals surface area contributed by atoms with Crippen molar-refractivity contribution >= 4 is 38.5 Å². The van der Waals surface area contributed by atoms with E-state index in [1.165, 1.54) is 18.2 Å². The van der Waals surface area contributed by atoms with Gasteiger partial charge in [-0.3, -0.25) is 4.79 Å². The third-order valence-corrected chi connectivity index (χ3v) is 6.47. The minimum absolute atomic E-state index is 0.0338. The third-order valence-electron chi connectivity index (χ3n) is 4.48. The molecule has 0 spiro atoms. The highest BCUT2D eigenvalue weighted by Crippen LogP contribution is 2.31. The average Bonchev–Trinajstić information content (AvgIpc) is 3.13. The van der Waals surface area contributed by atoms with E-state index >= 15 is 0 Å². The van der Waals surface area contributed by atoms with Gasteiger partial charge in [-0.25, -0.2) is 13.1 Å². The van der Waals surface area contributed by atoms with Crippen molar-refractivity contribution in [1.29, 1.82) is 0 Å². The Morgan fingerprint density at radius 2 is 1.90 bits per heavy atom. The number of para-hydroxylation sites is 1. The molecule has 9 heteroatoms. The van der Waals surface area contributed by atoms with E-state index in [0.717, 1.165) is 5.39 Å². The highest BCUT2D eigenvalue weighted by molar-refractivity contribution is 7.89. The first-order chi connectivity index (χ1) is 14.6. The molecule has 31 heavy (non-hydrogen) atoms. The first kappa shape index (κ1) is 23.1. The first-order valence-corrected chi connectivity index (χ1v) is 11.8. The quantitative estimate of drug-likeness (QED) is 0.505. The summed E-state index contributed by atoms with van der Waals surface area (Å²) in [5.41, 5.74) is 0.664. The fourth-order valence-electron chi connectivity index (χ4n) is 3.11. The molecule has 1 aromatic heterocycles. The molecule has 3 aromatic rings.